The zero-order chi connectivity index (χ0) is 20.8. The van der Waals surface area contributed by atoms with Crippen LogP contribution in [0.25, 0.3) is 10.9 Å². The summed E-state index contributed by atoms with van der Waals surface area (Å²) in [7, 11) is 0. The van der Waals surface area contributed by atoms with Gasteiger partial charge in [-0.2, -0.15) is 13.2 Å². The smallest absolute Gasteiger partial charge is 0.419 e. The van der Waals surface area contributed by atoms with Gasteiger partial charge in [0.05, 0.1) is 12.1 Å². The summed E-state index contributed by atoms with van der Waals surface area (Å²) >= 11 is 0. The highest BCUT2D eigenvalue weighted by Gasteiger charge is 2.44. The van der Waals surface area contributed by atoms with Crippen LogP contribution in [-0.2, 0) is 24.1 Å². The van der Waals surface area contributed by atoms with Crippen LogP contribution in [0.3, 0.4) is 0 Å². The Morgan fingerprint density at radius 3 is 2.69 bits per heavy atom. The van der Waals surface area contributed by atoms with Crippen molar-refractivity contribution in [3.8, 4) is 5.75 Å². The quantitative estimate of drug-likeness (QED) is 0.632. The Kier molecular flexibility index (Phi) is 4.55. The van der Waals surface area contributed by atoms with Gasteiger partial charge in [0.1, 0.15) is 23.8 Å². The lowest BCUT2D eigenvalue weighted by atomic mass is 10.1. The largest absolute Gasteiger partial charge is 0.486 e. The van der Waals surface area contributed by atoms with Crippen molar-refractivity contribution >= 4 is 16.8 Å². The van der Waals surface area contributed by atoms with Crippen molar-refractivity contribution in [2.75, 3.05) is 0 Å². The fraction of sp³-hybridized carbons (Fsp3) is 0.400. The lowest BCUT2D eigenvalue weighted by molar-refractivity contribution is -0.139. The number of aromatic nitrogens is 2. The monoisotopic (exact) mass is 407 g/mol. The van der Waals surface area contributed by atoms with Crippen molar-refractivity contribution in [3.05, 3.63) is 47.0 Å². The minimum atomic E-state index is -4.57. The van der Waals surface area contributed by atoms with Crippen molar-refractivity contribution in [1.82, 2.24) is 15.5 Å². The molecule has 4 rings (SSSR count). The van der Waals surface area contributed by atoms with E-state index in [9.17, 15) is 18.0 Å². The van der Waals surface area contributed by atoms with E-state index in [0.717, 1.165) is 18.9 Å². The molecule has 0 unspecified atom stereocenters. The number of carbonyl (C=O) groups excluding carboxylic acids is 1. The molecule has 1 amide bonds. The van der Waals surface area contributed by atoms with Crippen LogP contribution in [0.2, 0.25) is 0 Å². The second kappa shape index (κ2) is 6.82. The van der Waals surface area contributed by atoms with Gasteiger partial charge in [-0.1, -0.05) is 12.1 Å². The molecule has 29 heavy (non-hydrogen) atoms. The van der Waals surface area contributed by atoms with E-state index in [-0.39, 0.29) is 30.2 Å². The number of aromatic amines is 1. The van der Waals surface area contributed by atoms with Crippen LogP contribution in [0.1, 0.15) is 42.5 Å². The number of alkyl halides is 3. The number of ether oxygens (including phenoxy) is 1. The molecular weight excluding hydrogens is 387 g/mol. The lowest BCUT2D eigenvalue weighted by Crippen LogP contribution is -2.29. The predicted molar refractivity (Wildman–Crippen MR) is 98.1 cm³/mol. The number of carbonyl (C=O) groups is 1. The van der Waals surface area contributed by atoms with E-state index < -0.39 is 11.7 Å². The number of hydrogen-bond donors (Lipinski definition) is 2. The van der Waals surface area contributed by atoms with Crippen LogP contribution >= 0.6 is 0 Å². The van der Waals surface area contributed by atoms with Gasteiger partial charge in [-0.3, -0.25) is 4.79 Å². The number of nitrogens with one attached hydrogen (secondary N) is 2. The maximum absolute atomic E-state index is 13.5. The van der Waals surface area contributed by atoms with Crippen molar-refractivity contribution in [2.45, 2.75) is 46.0 Å². The molecule has 154 valence electrons. The molecule has 0 atom stereocenters. The van der Waals surface area contributed by atoms with Gasteiger partial charge in [-0.15, -0.1) is 0 Å². The van der Waals surface area contributed by atoms with E-state index in [1.807, 2.05) is 6.92 Å². The summed E-state index contributed by atoms with van der Waals surface area (Å²) < 4.78 is 50.9. The molecule has 1 aromatic carbocycles. The summed E-state index contributed by atoms with van der Waals surface area (Å²) in [6.07, 6.45) is -2.87. The first kappa shape index (κ1) is 19.4. The molecule has 1 aliphatic rings. The van der Waals surface area contributed by atoms with Crippen LogP contribution < -0.4 is 10.1 Å². The lowest BCUT2D eigenvalue weighted by Gasteiger charge is -2.13. The Hall–Kier alpha value is -2.97. The molecule has 0 spiro atoms. The van der Waals surface area contributed by atoms with Crippen LogP contribution in [-0.4, -0.2) is 16.0 Å². The van der Waals surface area contributed by atoms with E-state index >= 15 is 0 Å². The topological polar surface area (TPSA) is 80.1 Å². The standard InChI is InChI=1S/C20H20F3N3O3/c1-11-5-14(26-29-11)10-28-17-8-16-12(7-15(17)20(21,22)23)6-13(25-16)9-24-18(27)19(2)3-4-19/h5-8,25H,3-4,9-10H2,1-2H3,(H,24,27). The normalized spacial score (nSPS) is 15.5. The average molecular weight is 407 g/mol. The Balaban J connectivity index is 1.57. The maximum Gasteiger partial charge on any atom is 0.419 e. The molecule has 2 aromatic heterocycles. The average Bonchev–Trinajstić information content (AvgIpc) is 3.09. The first-order valence-electron chi connectivity index (χ1n) is 9.20. The highest BCUT2D eigenvalue weighted by atomic mass is 19.4. The molecule has 9 heteroatoms. The van der Waals surface area contributed by atoms with E-state index in [1.54, 1.807) is 19.1 Å². The number of hydrogen-bond acceptors (Lipinski definition) is 4. The highest BCUT2D eigenvalue weighted by Crippen LogP contribution is 2.45. The van der Waals surface area contributed by atoms with Gasteiger partial charge < -0.3 is 19.6 Å². The zero-order valence-corrected chi connectivity index (χ0v) is 15.9. The summed E-state index contributed by atoms with van der Waals surface area (Å²) in [6.45, 7) is 3.66. The van der Waals surface area contributed by atoms with E-state index in [1.165, 1.54) is 6.07 Å². The summed E-state index contributed by atoms with van der Waals surface area (Å²) in [5, 5.41) is 6.95. The zero-order valence-electron chi connectivity index (χ0n) is 15.9. The van der Waals surface area contributed by atoms with E-state index in [2.05, 4.69) is 15.5 Å². The second-order valence-electron chi connectivity index (χ2n) is 7.69. The Labute approximate surface area is 164 Å². The number of nitrogens with zero attached hydrogens (tertiary/aromatic N) is 1. The van der Waals surface area contributed by atoms with E-state index in [0.29, 0.717) is 28.1 Å². The highest BCUT2D eigenvalue weighted by molar-refractivity contribution is 5.85. The maximum atomic E-state index is 13.5. The molecule has 0 saturated heterocycles. The fourth-order valence-corrected chi connectivity index (χ4v) is 3.10. The SMILES string of the molecule is Cc1cc(COc2cc3[nH]c(CNC(=O)C4(C)CC4)cc3cc2C(F)(F)F)no1. The summed E-state index contributed by atoms with van der Waals surface area (Å²) in [6, 6.07) is 5.56. The number of amides is 1. The molecule has 1 saturated carbocycles. The van der Waals surface area contributed by atoms with Crippen LogP contribution in [0.4, 0.5) is 13.2 Å². The van der Waals surface area contributed by atoms with Gasteiger partial charge in [-0.25, -0.2) is 0 Å². The van der Waals surface area contributed by atoms with Crippen molar-refractivity contribution in [3.63, 3.8) is 0 Å². The van der Waals surface area contributed by atoms with E-state index in [4.69, 9.17) is 9.26 Å². The minimum Gasteiger partial charge on any atom is -0.486 e. The molecule has 2 N–H and O–H groups in total. The van der Waals surface area contributed by atoms with Crippen molar-refractivity contribution < 1.29 is 27.2 Å². The molecule has 1 fully saturated rings. The first-order valence-corrected chi connectivity index (χ1v) is 9.20. The third-order valence-corrected chi connectivity index (χ3v) is 5.12. The summed E-state index contributed by atoms with van der Waals surface area (Å²) in [4.78, 5) is 15.1. The van der Waals surface area contributed by atoms with Gasteiger partial charge in [0.15, 0.2) is 0 Å². The van der Waals surface area contributed by atoms with Crippen molar-refractivity contribution in [1.29, 1.82) is 0 Å². The number of rotatable bonds is 6. The number of aryl methyl sites for hydroxylation is 1. The Morgan fingerprint density at radius 1 is 1.31 bits per heavy atom. The van der Waals surface area contributed by atoms with Crippen molar-refractivity contribution in [2.24, 2.45) is 5.41 Å². The molecule has 2 heterocycles. The summed E-state index contributed by atoms with van der Waals surface area (Å²) in [5.41, 5.74) is 0.335. The predicted octanol–water partition coefficient (Wildman–Crippen LogP) is 4.48. The minimum absolute atomic E-state index is 0.0425. The number of H-pyrrole nitrogens is 1. The number of halogens is 3. The molecule has 0 aliphatic heterocycles. The van der Waals surface area contributed by atoms with Crippen LogP contribution in [0.15, 0.2) is 28.8 Å². The second-order valence-corrected chi connectivity index (χ2v) is 7.69. The Morgan fingerprint density at radius 2 is 2.07 bits per heavy atom. The Bertz CT molecular complexity index is 1060. The molecule has 0 radical (unpaired) electrons. The summed E-state index contributed by atoms with van der Waals surface area (Å²) in [5.74, 6) is 0.207. The van der Waals surface area contributed by atoms with Gasteiger partial charge in [-0.05, 0) is 31.9 Å². The van der Waals surface area contributed by atoms with Gasteiger partial charge in [0, 0.05) is 34.1 Å². The van der Waals surface area contributed by atoms with Gasteiger partial charge in [0.25, 0.3) is 0 Å². The third kappa shape index (κ3) is 4.08. The third-order valence-electron chi connectivity index (χ3n) is 5.12. The fourth-order valence-electron chi connectivity index (χ4n) is 3.10. The van der Waals surface area contributed by atoms with Gasteiger partial charge in [0.2, 0.25) is 5.91 Å². The number of benzene rings is 1. The molecule has 1 aliphatic carbocycles. The molecule has 3 aromatic rings. The number of fused-ring (bicyclic) bond motifs is 1. The van der Waals surface area contributed by atoms with Crippen LogP contribution in [0.5, 0.6) is 5.75 Å². The van der Waals surface area contributed by atoms with Gasteiger partial charge >= 0.3 is 6.18 Å². The van der Waals surface area contributed by atoms with Crippen LogP contribution in [0, 0.1) is 12.3 Å². The molecule has 6 nitrogen and oxygen atoms in total. The molecular formula is C20H20F3N3O3. The molecule has 0 bridgehead atoms. The first-order chi connectivity index (χ1) is 13.6.